The van der Waals surface area contributed by atoms with Crippen LogP contribution in [-0.2, 0) is 9.53 Å². The number of aliphatic hydroxyl groups excluding tert-OH is 1. The largest absolute Gasteiger partial charge is 0.489 e. The van der Waals surface area contributed by atoms with Crippen LogP contribution in [0.5, 0.6) is 5.75 Å². The zero-order valence-corrected chi connectivity index (χ0v) is 11.2. The molecule has 0 radical (unpaired) electrons. The van der Waals surface area contributed by atoms with Gasteiger partial charge in [0.15, 0.2) is 0 Å². The molecular formula is C14H19NO4. The van der Waals surface area contributed by atoms with Crippen molar-refractivity contribution in [2.24, 2.45) is 0 Å². The monoisotopic (exact) mass is 265 g/mol. The van der Waals surface area contributed by atoms with Gasteiger partial charge in [0, 0.05) is 0 Å². The Hall–Kier alpha value is -1.59. The van der Waals surface area contributed by atoms with Gasteiger partial charge in [0.2, 0.25) is 0 Å². The van der Waals surface area contributed by atoms with Crippen LogP contribution in [0.1, 0.15) is 13.8 Å². The zero-order valence-electron chi connectivity index (χ0n) is 11.2. The van der Waals surface area contributed by atoms with E-state index in [2.05, 4.69) is 0 Å². The number of ether oxygens (including phenoxy) is 2. The summed E-state index contributed by atoms with van der Waals surface area (Å²) < 4.78 is 10.9. The maximum atomic E-state index is 12.0. The van der Waals surface area contributed by atoms with E-state index >= 15 is 0 Å². The number of aliphatic hydroxyl groups is 1. The summed E-state index contributed by atoms with van der Waals surface area (Å²) in [6.07, 6.45) is 0.0184. The SMILES string of the molecule is CC(C)Oc1ccccc1N1C(=O)COCC1CO. The van der Waals surface area contributed by atoms with Crippen molar-refractivity contribution in [2.45, 2.75) is 26.0 Å². The Morgan fingerprint density at radius 2 is 2.21 bits per heavy atom. The molecule has 5 heteroatoms. The fourth-order valence-electron chi connectivity index (χ4n) is 2.11. The molecule has 1 N–H and O–H groups in total. The van der Waals surface area contributed by atoms with Crippen LogP contribution in [0.25, 0.3) is 0 Å². The molecule has 1 fully saturated rings. The maximum absolute atomic E-state index is 12.0. The van der Waals surface area contributed by atoms with E-state index in [9.17, 15) is 9.90 Å². The maximum Gasteiger partial charge on any atom is 0.253 e. The number of carbonyl (C=O) groups is 1. The number of amides is 1. The highest BCUT2D eigenvalue weighted by atomic mass is 16.5. The molecule has 1 amide bonds. The van der Waals surface area contributed by atoms with E-state index in [-0.39, 0.29) is 31.3 Å². The van der Waals surface area contributed by atoms with Crippen LogP contribution in [0.2, 0.25) is 0 Å². The fraction of sp³-hybridized carbons (Fsp3) is 0.500. The van der Waals surface area contributed by atoms with Gasteiger partial charge in [0.1, 0.15) is 12.4 Å². The van der Waals surface area contributed by atoms with Crippen LogP contribution in [0.15, 0.2) is 24.3 Å². The van der Waals surface area contributed by atoms with Gasteiger partial charge in [0.05, 0.1) is 31.0 Å². The van der Waals surface area contributed by atoms with Crippen LogP contribution in [0.4, 0.5) is 5.69 Å². The molecule has 1 saturated heterocycles. The van der Waals surface area contributed by atoms with E-state index in [0.717, 1.165) is 0 Å². The minimum atomic E-state index is -0.363. The predicted molar refractivity (Wildman–Crippen MR) is 71.4 cm³/mol. The lowest BCUT2D eigenvalue weighted by Crippen LogP contribution is -2.51. The summed E-state index contributed by atoms with van der Waals surface area (Å²) in [6.45, 7) is 4.09. The number of nitrogens with zero attached hydrogens (tertiary/aromatic N) is 1. The van der Waals surface area contributed by atoms with Crippen LogP contribution in [0.3, 0.4) is 0 Å². The highest BCUT2D eigenvalue weighted by Gasteiger charge is 2.31. The number of benzene rings is 1. The first-order chi connectivity index (χ1) is 9.13. The van der Waals surface area contributed by atoms with E-state index in [4.69, 9.17) is 9.47 Å². The van der Waals surface area contributed by atoms with E-state index in [1.54, 1.807) is 4.90 Å². The number of anilines is 1. The summed E-state index contributed by atoms with van der Waals surface area (Å²) in [7, 11) is 0. The number of hydrogen-bond donors (Lipinski definition) is 1. The van der Waals surface area contributed by atoms with Crippen molar-refractivity contribution in [2.75, 3.05) is 24.7 Å². The van der Waals surface area contributed by atoms with Crippen molar-refractivity contribution < 1.29 is 19.4 Å². The average molecular weight is 265 g/mol. The molecule has 2 rings (SSSR count). The van der Waals surface area contributed by atoms with Gasteiger partial charge in [-0.3, -0.25) is 9.69 Å². The normalized spacial score (nSPS) is 19.9. The predicted octanol–water partition coefficient (Wildman–Crippen LogP) is 1.20. The molecular weight excluding hydrogens is 246 g/mol. The lowest BCUT2D eigenvalue weighted by Gasteiger charge is -2.35. The van der Waals surface area contributed by atoms with Gasteiger partial charge < -0.3 is 14.6 Å². The molecule has 0 aliphatic carbocycles. The van der Waals surface area contributed by atoms with Crippen molar-refractivity contribution in [3.05, 3.63) is 24.3 Å². The van der Waals surface area contributed by atoms with Crippen LogP contribution in [0, 0.1) is 0 Å². The highest BCUT2D eigenvalue weighted by Crippen LogP contribution is 2.31. The Kier molecular flexibility index (Phi) is 4.39. The second-order valence-corrected chi connectivity index (χ2v) is 4.75. The molecule has 1 aromatic carbocycles. The number of hydrogen-bond acceptors (Lipinski definition) is 4. The van der Waals surface area contributed by atoms with Crippen molar-refractivity contribution in [3.8, 4) is 5.75 Å². The summed E-state index contributed by atoms with van der Waals surface area (Å²) in [5, 5.41) is 9.40. The minimum absolute atomic E-state index is 0.0184. The van der Waals surface area contributed by atoms with Gasteiger partial charge in [-0.15, -0.1) is 0 Å². The van der Waals surface area contributed by atoms with Crippen molar-refractivity contribution in [1.82, 2.24) is 0 Å². The van der Waals surface area contributed by atoms with Crippen LogP contribution >= 0.6 is 0 Å². The molecule has 1 aliphatic heterocycles. The van der Waals surface area contributed by atoms with Gasteiger partial charge in [-0.05, 0) is 26.0 Å². The van der Waals surface area contributed by atoms with Gasteiger partial charge in [-0.2, -0.15) is 0 Å². The first kappa shape index (κ1) is 13.8. The molecule has 0 saturated carbocycles. The van der Waals surface area contributed by atoms with Crippen LogP contribution < -0.4 is 9.64 Å². The Bertz CT molecular complexity index is 447. The molecule has 1 aliphatic rings. The molecule has 19 heavy (non-hydrogen) atoms. The van der Waals surface area contributed by atoms with E-state index < -0.39 is 0 Å². The topological polar surface area (TPSA) is 59.0 Å². The van der Waals surface area contributed by atoms with Crippen molar-refractivity contribution in [3.63, 3.8) is 0 Å². The first-order valence-corrected chi connectivity index (χ1v) is 6.40. The van der Waals surface area contributed by atoms with Crippen LogP contribution in [-0.4, -0.2) is 43.0 Å². The summed E-state index contributed by atoms with van der Waals surface area (Å²) in [5.74, 6) is 0.483. The molecule has 0 bridgehead atoms. The van der Waals surface area contributed by atoms with Gasteiger partial charge in [0.25, 0.3) is 5.91 Å². The highest BCUT2D eigenvalue weighted by molar-refractivity contribution is 5.97. The Balaban J connectivity index is 2.35. The number of morpholine rings is 1. The van der Waals surface area contributed by atoms with Gasteiger partial charge in [-0.1, -0.05) is 12.1 Å². The summed E-state index contributed by atoms with van der Waals surface area (Å²) in [6, 6.07) is 6.99. The average Bonchev–Trinajstić information content (AvgIpc) is 2.39. The Morgan fingerprint density at radius 3 is 2.89 bits per heavy atom. The quantitative estimate of drug-likeness (QED) is 0.888. The van der Waals surface area contributed by atoms with Gasteiger partial charge >= 0.3 is 0 Å². The second-order valence-electron chi connectivity index (χ2n) is 4.75. The van der Waals surface area contributed by atoms with Crippen molar-refractivity contribution >= 4 is 11.6 Å². The zero-order chi connectivity index (χ0) is 13.8. The molecule has 1 aromatic rings. The number of carbonyl (C=O) groups excluding carboxylic acids is 1. The molecule has 5 nitrogen and oxygen atoms in total. The third-order valence-electron chi connectivity index (χ3n) is 2.87. The van der Waals surface area contributed by atoms with Crippen molar-refractivity contribution in [1.29, 1.82) is 0 Å². The number of rotatable bonds is 4. The smallest absolute Gasteiger partial charge is 0.253 e. The molecule has 1 atom stereocenters. The molecule has 1 unspecified atom stereocenters. The summed E-state index contributed by atoms with van der Waals surface area (Å²) in [5.41, 5.74) is 0.684. The van der Waals surface area contributed by atoms with E-state index in [1.807, 2.05) is 38.1 Å². The van der Waals surface area contributed by atoms with E-state index in [0.29, 0.717) is 18.0 Å². The lowest BCUT2D eigenvalue weighted by molar-refractivity contribution is -0.128. The molecule has 1 heterocycles. The molecule has 104 valence electrons. The minimum Gasteiger partial charge on any atom is -0.489 e. The first-order valence-electron chi connectivity index (χ1n) is 6.40. The Morgan fingerprint density at radius 1 is 1.47 bits per heavy atom. The Labute approximate surface area is 112 Å². The number of para-hydroxylation sites is 2. The summed E-state index contributed by atoms with van der Waals surface area (Å²) in [4.78, 5) is 13.6. The lowest BCUT2D eigenvalue weighted by atomic mass is 10.1. The third kappa shape index (κ3) is 3.05. The molecule has 0 spiro atoms. The summed E-state index contributed by atoms with van der Waals surface area (Å²) >= 11 is 0. The second kappa shape index (κ2) is 6.04. The third-order valence-corrected chi connectivity index (χ3v) is 2.87. The molecule has 0 aromatic heterocycles. The standard InChI is InChI=1S/C14H19NO4/c1-10(2)19-13-6-4-3-5-12(13)15-11(7-16)8-18-9-14(15)17/h3-6,10-11,16H,7-9H2,1-2H3. The van der Waals surface area contributed by atoms with E-state index in [1.165, 1.54) is 0 Å². The fourth-order valence-corrected chi connectivity index (χ4v) is 2.11. The van der Waals surface area contributed by atoms with Gasteiger partial charge in [-0.25, -0.2) is 0 Å².